The van der Waals surface area contributed by atoms with Crippen LogP contribution in [0, 0.1) is 0 Å². The molecule has 17 heavy (non-hydrogen) atoms. The monoisotopic (exact) mass is 291 g/mol. The van der Waals surface area contributed by atoms with Crippen LogP contribution < -0.4 is 5.56 Å². The Hall–Kier alpha value is -2.02. The standard InChI is InChI=1S/C10H6BrN5O/c11-6-1-5(2-12-3-6)8-14-9-7(4-13-16-9)10(17)15-8/h1-4H,(H2,13,14,15,16,17). The Kier molecular flexibility index (Phi) is 2.25. The summed E-state index contributed by atoms with van der Waals surface area (Å²) in [7, 11) is 0. The lowest BCUT2D eigenvalue weighted by atomic mass is 10.2. The summed E-state index contributed by atoms with van der Waals surface area (Å²) < 4.78 is 0.822. The molecule has 2 N–H and O–H groups in total. The first-order valence-corrected chi connectivity index (χ1v) is 5.57. The number of nitrogens with zero attached hydrogens (tertiary/aromatic N) is 3. The molecule has 0 aliphatic carbocycles. The Bertz CT molecular complexity index is 748. The molecule has 0 radical (unpaired) electrons. The average Bonchev–Trinajstić information content (AvgIpc) is 2.77. The van der Waals surface area contributed by atoms with Crippen LogP contribution in [0.4, 0.5) is 0 Å². The minimum absolute atomic E-state index is 0.223. The number of pyridine rings is 1. The third-order valence-electron chi connectivity index (χ3n) is 2.30. The van der Waals surface area contributed by atoms with Gasteiger partial charge in [-0.05, 0) is 22.0 Å². The fourth-order valence-electron chi connectivity index (χ4n) is 1.52. The Morgan fingerprint density at radius 3 is 2.94 bits per heavy atom. The van der Waals surface area contributed by atoms with E-state index in [2.05, 4.69) is 41.1 Å². The van der Waals surface area contributed by atoms with Crippen LogP contribution in [-0.4, -0.2) is 25.1 Å². The summed E-state index contributed by atoms with van der Waals surface area (Å²) in [4.78, 5) is 22.7. The number of halogens is 1. The van der Waals surface area contributed by atoms with Gasteiger partial charge in [0.05, 0.1) is 6.20 Å². The fraction of sp³-hybridized carbons (Fsp3) is 0. The molecule has 3 aromatic heterocycles. The van der Waals surface area contributed by atoms with Crippen molar-refractivity contribution in [3.63, 3.8) is 0 Å². The van der Waals surface area contributed by atoms with Gasteiger partial charge in [0.15, 0.2) is 5.65 Å². The molecule has 3 rings (SSSR count). The highest BCUT2D eigenvalue weighted by Crippen LogP contribution is 2.18. The number of hydrogen-bond donors (Lipinski definition) is 2. The van der Waals surface area contributed by atoms with Crippen LogP contribution in [-0.2, 0) is 0 Å². The van der Waals surface area contributed by atoms with Crippen LogP contribution in [0.15, 0.2) is 33.9 Å². The number of hydrogen-bond acceptors (Lipinski definition) is 4. The van der Waals surface area contributed by atoms with Crippen molar-refractivity contribution in [3.8, 4) is 11.4 Å². The molecule has 3 aromatic rings. The van der Waals surface area contributed by atoms with Gasteiger partial charge < -0.3 is 4.98 Å². The quantitative estimate of drug-likeness (QED) is 0.711. The van der Waals surface area contributed by atoms with E-state index < -0.39 is 0 Å². The highest BCUT2D eigenvalue weighted by molar-refractivity contribution is 9.10. The van der Waals surface area contributed by atoms with Crippen LogP contribution in [0.2, 0.25) is 0 Å². The van der Waals surface area contributed by atoms with E-state index in [1.807, 2.05) is 6.07 Å². The summed E-state index contributed by atoms with van der Waals surface area (Å²) in [6.07, 6.45) is 4.74. The lowest BCUT2D eigenvalue weighted by Gasteiger charge is -2.00. The molecule has 7 heteroatoms. The Labute approximate surface area is 103 Å². The molecule has 3 heterocycles. The number of H-pyrrole nitrogens is 2. The van der Waals surface area contributed by atoms with E-state index in [9.17, 15) is 4.79 Å². The maximum atomic E-state index is 11.7. The summed E-state index contributed by atoms with van der Waals surface area (Å²) in [5.74, 6) is 0.459. The summed E-state index contributed by atoms with van der Waals surface area (Å²) in [6.45, 7) is 0. The number of aromatic nitrogens is 5. The zero-order valence-corrected chi connectivity index (χ0v) is 10.0. The van der Waals surface area contributed by atoms with Crippen molar-refractivity contribution in [2.45, 2.75) is 0 Å². The van der Waals surface area contributed by atoms with E-state index >= 15 is 0 Å². The predicted molar refractivity (Wildman–Crippen MR) is 65.4 cm³/mol. The van der Waals surface area contributed by atoms with Gasteiger partial charge in [0.2, 0.25) is 0 Å². The van der Waals surface area contributed by atoms with Crippen molar-refractivity contribution >= 4 is 27.0 Å². The van der Waals surface area contributed by atoms with E-state index in [1.165, 1.54) is 6.20 Å². The van der Waals surface area contributed by atoms with Crippen molar-refractivity contribution < 1.29 is 0 Å². The molecule has 0 aliphatic rings. The second-order valence-electron chi connectivity index (χ2n) is 3.44. The van der Waals surface area contributed by atoms with Gasteiger partial charge in [-0.1, -0.05) is 0 Å². The predicted octanol–water partition coefficient (Wildman–Crippen LogP) is 1.47. The number of nitrogens with one attached hydrogen (secondary N) is 2. The first kappa shape index (κ1) is 10.2. The Morgan fingerprint density at radius 2 is 2.12 bits per heavy atom. The van der Waals surface area contributed by atoms with Crippen LogP contribution in [0.25, 0.3) is 22.4 Å². The summed E-state index contributed by atoms with van der Waals surface area (Å²) in [6, 6.07) is 1.83. The third kappa shape index (κ3) is 1.74. The van der Waals surface area contributed by atoms with Crippen molar-refractivity contribution in [1.29, 1.82) is 0 Å². The van der Waals surface area contributed by atoms with Crippen molar-refractivity contribution in [1.82, 2.24) is 25.1 Å². The minimum Gasteiger partial charge on any atom is -0.306 e. The van der Waals surface area contributed by atoms with Crippen molar-refractivity contribution in [2.75, 3.05) is 0 Å². The van der Waals surface area contributed by atoms with Gasteiger partial charge in [-0.2, -0.15) is 5.10 Å². The molecular formula is C10H6BrN5O. The van der Waals surface area contributed by atoms with E-state index in [-0.39, 0.29) is 5.56 Å². The first-order valence-electron chi connectivity index (χ1n) is 4.78. The minimum atomic E-state index is -0.223. The molecule has 0 saturated heterocycles. The van der Waals surface area contributed by atoms with Crippen molar-refractivity contribution in [3.05, 3.63) is 39.5 Å². The van der Waals surface area contributed by atoms with Gasteiger partial charge in [0.25, 0.3) is 5.56 Å². The van der Waals surface area contributed by atoms with E-state index in [4.69, 9.17) is 0 Å². The molecule has 0 unspecified atom stereocenters. The van der Waals surface area contributed by atoms with Crippen LogP contribution >= 0.6 is 15.9 Å². The Morgan fingerprint density at radius 1 is 1.24 bits per heavy atom. The first-order chi connectivity index (χ1) is 8.24. The SMILES string of the molecule is O=c1[nH]c(-c2cncc(Br)c2)nc2[nH]ncc12. The summed E-state index contributed by atoms with van der Waals surface area (Å²) in [5.41, 5.74) is 0.968. The molecule has 0 fully saturated rings. The zero-order chi connectivity index (χ0) is 11.8. The van der Waals surface area contributed by atoms with E-state index in [1.54, 1.807) is 12.4 Å². The van der Waals surface area contributed by atoms with Gasteiger partial charge in [0.1, 0.15) is 11.2 Å². The molecule has 0 bridgehead atoms. The topological polar surface area (TPSA) is 87.3 Å². The van der Waals surface area contributed by atoms with Gasteiger partial charge in [-0.15, -0.1) is 0 Å². The zero-order valence-electron chi connectivity index (χ0n) is 8.44. The summed E-state index contributed by atoms with van der Waals surface area (Å²) in [5, 5.41) is 6.90. The maximum absolute atomic E-state index is 11.7. The fourth-order valence-corrected chi connectivity index (χ4v) is 1.89. The van der Waals surface area contributed by atoms with Crippen LogP contribution in [0.5, 0.6) is 0 Å². The Balaban J connectivity index is 2.27. The molecule has 84 valence electrons. The third-order valence-corrected chi connectivity index (χ3v) is 2.73. The number of rotatable bonds is 1. The lowest BCUT2D eigenvalue weighted by Crippen LogP contribution is -2.08. The molecule has 6 nitrogen and oxygen atoms in total. The molecule has 0 aromatic carbocycles. The largest absolute Gasteiger partial charge is 0.306 e. The molecule has 0 saturated carbocycles. The molecule has 0 spiro atoms. The maximum Gasteiger partial charge on any atom is 0.262 e. The number of aromatic amines is 2. The smallest absolute Gasteiger partial charge is 0.262 e. The molecule has 0 amide bonds. The molecule has 0 atom stereocenters. The summed E-state index contributed by atoms with van der Waals surface area (Å²) >= 11 is 3.32. The van der Waals surface area contributed by atoms with E-state index in [0.717, 1.165) is 10.0 Å². The van der Waals surface area contributed by atoms with Crippen LogP contribution in [0.3, 0.4) is 0 Å². The average molecular weight is 292 g/mol. The van der Waals surface area contributed by atoms with Crippen LogP contribution in [0.1, 0.15) is 0 Å². The van der Waals surface area contributed by atoms with Gasteiger partial charge in [-0.3, -0.25) is 14.9 Å². The highest BCUT2D eigenvalue weighted by Gasteiger charge is 2.07. The molecule has 0 aliphatic heterocycles. The van der Waals surface area contributed by atoms with Gasteiger partial charge in [-0.25, -0.2) is 4.98 Å². The molecular weight excluding hydrogens is 286 g/mol. The second-order valence-corrected chi connectivity index (χ2v) is 4.35. The van der Waals surface area contributed by atoms with E-state index in [0.29, 0.717) is 16.9 Å². The highest BCUT2D eigenvalue weighted by atomic mass is 79.9. The van der Waals surface area contributed by atoms with Gasteiger partial charge >= 0.3 is 0 Å². The lowest BCUT2D eigenvalue weighted by molar-refractivity contribution is 1.08. The van der Waals surface area contributed by atoms with Gasteiger partial charge in [0, 0.05) is 22.4 Å². The second kappa shape index (κ2) is 3.77. The normalized spacial score (nSPS) is 10.9. The number of fused-ring (bicyclic) bond motifs is 1. The van der Waals surface area contributed by atoms with Crippen molar-refractivity contribution in [2.24, 2.45) is 0 Å².